The summed E-state index contributed by atoms with van der Waals surface area (Å²) in [6.45, 7) is 0. The predicted octanol–water partition coefficient (Wildman–Crippen LogP) is 1.43. The summed E-state index contributed by atoms with van der Waals surface area (Å²) < 4.78 is 0. The van der Waals surface area contributed by atoms with Crippen molar-refractivity contribution in [2.24, 2.45) is 5.73 Å². The zero-order chi connectivity index (χ0) is 9.84. The molecule has 0 saturated carbocycles. The number of phenols is 2. The Labute approximate surface area is 88.0 Å². The van der Waals surface area contributed by atoms with Crippen molar-refractivity contribution in [1.29, 1.82) is 5.26 Å². The summed E-state index contributed by atoms with van der Waals surface area (Å²) in [6, 6.07) is 5.53. The number of phenolic OH excluding ortho intramolecular Hbond substituents is 2. The molecule has 0 spiro atoms. The smallest absolute Gasteiger partial charge is 0.124 e. The number of hydrogen-bond donors (Lipinski definition) is 3. The average Bonchev–Trinajstić information content (AvgIpc) is 2.04. The van der Waals surface area contributed by atoms with Gasteiger partial charge < -0.3 is 15.9 Å². The largest absolute Gasteiger partial charge is 0.508 e. The Kier molecular flexibility index (Phi) is 4.78. The summed E-state index contributed by atoms with van der Waals surface area (Å²) in [7, 11) is 0. The Bertz CT molecular complexity index is 349. The molecule has 1 aromatic carbocycles. The van der Waals surface area contributed by atoms with E-state index in [0.29, 0.717) is 5.56 Å². The van der Waals surface area contributed by atoms with Crippen molar-refractivity contribution in [3.63, 3.8) is 0 Å². The predicted molar refractivity (Wildman–Crippen MR) is 54.2 cm³/mol. The van der Waals surface area contributed by atoms with Crippen LogP contribution in [0.4, 0.5) is 0 Å². The molecule has 0 aromatic heterocycles. The molecule has 1 rings (SSSR count). The fourth-order valence-electron chi connectivity index (χ4n) is 1.05. The Morgan fingerprint density at radius 3 is 2.57 bits per heavy atom. The molecule has 4 nitrogen and oxygen atoms in total. The van der Waals surface area contributed by atoms with Gasteiger partial charge in [-0.3, -0.25) is 0 Å². The van der Waals surface area contributed by atoms with Crippen molar-refractivity contribution in [3.05, 3.63) is 23.8 Å². The fraction of sp³-hybridized carbons (Fsp3) is 0.222. The van der Waals surface area contributed by atoms with E-state index in [1.165, 1.54) is 18.2 Å². The zero-order valence-corrected chi connectivity index (χ0v) is 8.16. The van der Waals surface area contributed by atoms with Crippen LogP contribution in [-0.4, -0.2) is 10.2 Å². The van der Waals surface area contributed by atoms with Crippen LogP contribution in [0.15, 0.2) is 18.2 Å². The van der Waals surface area contributed by atoms with Crippen LogP contribution in [0.2, 0.25) is 0 Å². The molecule has 5 heteroatoms. The molecule has 76 valence electrons. The van der Waals surface area contributed by atoms with E-state index in [2.05, 4.69) is 0 Å². The van der Waals surface area contributed by atoms with Crippen molar-refractivity contribution >= 4 is 12.4 Å². The highest BCUT2D eigenvalue weighted by Crippen LogP contribution is 2.27. The van der Waals surface area contributed by atoms with E-state index in [1.807, 2.05) is 6.07 Å². The zero-order valence-electron chi connectivity index (χ0n) is 7.34. The van der Waals surface area contributed by atoms with Gasteiger partial charge in [-0.25, -0.2) is 0 Å². The number of nitrogens with zero attached hydrogens (tertiary/aromatic N) is 1. The molecule has 0 amide bonds. The third kappa shape index (κ3) is 2.80. The molecule has 4 N–H and O–H groups in total. The lowest BCUT2D eigenvalue weighted by molar-refractivity contribution is 0.442. The minimum atomic E-state index is -0.509. The molecular formula is C9H11ClN2O2. The van der Waals surface area contributed by atoms with Gasteiger partial charge in [0.2, 0.25) is 0 Å². The first kappa shape index (κ1) is 12.6. The summed E-state index contributed by atoms with van der Waals surface area (Å²) in [5, 5.41) is 26.7. The summed E-state index contributed by atoms with van der Waals surface area (Å²) >= 11 is 0. The van der Waals surface area contributed by atoms with Gasteiger partial charge in [0.15, 0.2) is 0 Å². The lowest BCUT2D eigenvalue weighted by atomic mass is 10.0. The maximum absolute atomic E-state index is 9.34. The Hall–Kier alpha value is -1.44. The van der Waals surface area contributed by atoms with Gasteiger partial charge in [0.05, 0.1) is 12.5 Å². The van der Waals surface area contributed by atoms with E-state index in [4.69, 9.17) is 16.1 Å². The third-order valence-electron chi connectivity index (χ3n) is 1.72. The average molecular weight is 215 g/mol. The van der Waals surface area contributed by atoms with Crippen LogP contribution in [0, 0.1) is 11.3 Å². The molecule has 0 fully saturated rings. The van der Waals surface area contributed by atoms with E-state index < -0.39 is 6.04 Å². The van der Waals surface area contributed by atoms with Crippen LogP contribution in [0.3, 0.4) is 0 Å². The highest BCUT2D eigenvalue weighted by Gasteiger charge is 2.10. The van der Waals surface area contributed by atoms with Crippen LogP contribution >= 0.6 is 12.4 Å². The van der Waals surface area contributed by atoms with Gasteiger partial charge in [0, 0.05) is 17.7 Å². The summed E-state index contributed by atoms with van der Waals surface area (Å²) in [5.74, 6) is -0.104. The summed E-state index contributed by atoms with van der Waals surface area (Å²) in [5.41, 5.74) is 6.06. The second kappa shape index (κ2) is 5.32. The molecular weight excluding hydrogens is 204 g/mol. The lowest BCUT2D eigenvalue weighted by Gasteiger charge is -2.09. The summed E-state index contributed by atoms with van der Waals surface area (Å²) in [4.78, 5) is 0. The normalized spacial score (nSPS) is 11.1. The number of benzene rings is 1. The molecule has 0 aliphatic carbocycles. The van der Waals surface area contributed by atoms with E-state index in [-0.39, 0.29) is 30.3 Å². The number of nitriles is 1. The van der Waals surface area contributed by atoms with Gasteiger partial charge in [-0.15, -0.1) is 12.4 Å². The van der Waals surface area contributed by atoms with Crippen LogP contribution < -0.4 is 5.73 Å². The van der Waals surface area contributed by atoms with Gasteiger partial charge in [-0.05, 0) is 6.07 Å². The Morgan fingerprint density at radius 1 is 1.43 bits per heavy atom. The van der Waals surface area contributed by atoms with Crippen molar-refractivity contribution in [3.8, 4) is 17.6 Å². The number of rotatable bonds is 2. The molecule has 1 aromatic rings. The molecule has 0 aliphatic heterocycles. The van der Waals surface area contributed by atoms with Gasteiger partial charge in [-0.1, -0.05) is 6.07 Å². The van der Waals surface area contributed by atoms with Gasteiger partial charge in [-0.2, -0.15) is 5.26 Å². The van der Waals surface area contributed by atoms with E-state index in [1.54, 1.807) is 0 Å². The molecule has 0 unspecified atom stereocenters. The molecule has 0 radical (unpaired) electrons. The number of nitrogens with two attached hydrogens (primary N) is 1. The fourth-order valence-corrected chi connectivity index (χ4v) is 1.05. The minimum Gasteiger partial charge on any atom is -0.508 e. The van der Waals surface area contributed by atoms with Crippen LogP contribution in [-0.2, 0) is 0 Å². The SMILES string of the molecule is Cl.N#CC[C@H](N)c1ccc(O)cc1O. The number of halogens is 1. The first-order valence-corrected chi connectivity index (χ1v) is 3.79. The van der Waals surface area contributed by atoms with Crippen molar-refractivity contribution in [1.82, 2.24) is 0 Å². The third-order valence-corrected chi connectivity index (χ3v) is 1.72. The van der Waals surface area contributed by atoms with Crippen LogP contribution in [0.5, 0.6) is 11.5 Å². The maximum Gasteiger partial charge on any atom is 0.124 e. The van der Waals surface area contributed by atoms with Crippen LogP contribution in [0.25, 0.3) is 0 Å². The standard InChI is InChI=1S/C9H10N2O2.ClH/c10-4-3-8(11)7-2-1-6(12)5-9(7)13;/h1-2,5,8,12-13H,3,11H2;1H/t8-;/m0./s1. The number of hydrogen-bond acceptors (Lipinski definition) is 4. The monoisotopic (exact) mass is 214 g/mol. The lowest BCUT2D eigenvalue weighted by Crippen LogP contribution is -2.09. The molecule has 0 heterocycles. The van der Waals surface area contributed by atoms with Crippen molar-refractivity contribution in [2.45, 2.75) is 12.5 Å². The molecule has 14 heavy (non-hydrogen) atoms. The second-order valence-electron chi connectivity index (χ2n) is 2.71. The quantitative estimate of drug-likeness (QED) is 0.695. The highest BCUT2D eigenvalue weighted by molar-refractivity contribution is 5.85. The molecule has 0 aliphatic rings. The second-order valence-corrected chi connectivity index (χ2v) is 2.71. The molecule has 0 bridgehead atoms. The first-order valence-electron chi connectivity index (χ1n) is 3.79. The Morgan fingerprint density at radius 2 is 2.07 bits per heavy atom. The van der Waals surface area contributed by atoms with Crippen LogP contribution in [0.1, 0.15) is 18.0 Å². The van der Waals surface area contributed by atoms with Crippen molar-refractivity contribution in [2.75, 3.05) is 0 Å². The molecule has 0 saturated heterocycles. The highest BCUT2D eigenvalue weighted by atomic mass is 35.5. The molecule has 1 atom stereocenters. The summed E-state index contributed by atoms with van der Waals surface area (Å²) in [6.07, 6.45) is 0.137. The number of aromatic hydroxyl groups is 2. The Balaban J connectivity index is 0.00000169. The van der Waals surface area contributed by atoms with E-state index in [9.17, 15) is 5.11 Å². The van der Waals surface area contributed by atoms with Gasteiger partial charge >= 0.3 is 0 Å². The van der Waals surface area contributed by atoms with E-state index >= 15 is 0 Å². The topological polar surface area (TPSA) is 90.3 Å². The first-order chi connectivity index (χ1) is 6.15. The minimum absolute atomic E-state index is 0. The van der Waals surface area contributed by atoms with Crippen molar-refractivity contribution < 1.29 is 10.2 Å². The maximum atomic E-state index is 9.34. The van der Waals surface area contributed by atoms with Gasteiger partial charge in [0.1, 0.15) is 11.5 Å². The van der Waals surface area contributed by atoms with E-state index in [0.717, 1.165) is 0 Å². The van der Waals surface area contributed by atoms with Gasteiger partial charge in [0.25, 0.3) is 0 Å².